The third-order valence-electron chi connectivity index (χ3n) is 4.11. The van der Waals surface area contributed by atoms with E-state index in [0.29, 0.717) is 0 Å². The van der Waals surface area contributed by atoms with Crippen molar-refractivity contribution >= 4 is 11.7 Å². The van der Waals surface area contributed by atoms with Crippen molar-refractivity contribution in [2.75, 3.05) is 0 Å². The Morgan fingerprint density at radius 1 is 0.708 bits per heavy atom. The standard InChI is InChI=1S/C20H15N3O/c24-19-21-20(16-10-4-1-5-11-16,17-12-6-2-7-13-17)22-23(19)18-14-8-3-9-15-18/h1-15H/p+1. The lowest BCUT2D eigenvalue weighted by Gasteiger charge is -2.20. The summed E-state index contributed by atoms with van der Waals surface area (Å²) in [6.07, 6.45) is 0. The van der Waals surface area contributed by atoms with Crippen molar-refractivity contribution in [2.45, 2.75) is 5.66 Å². The molecular weight excluding hydrogens is 298 g/mol. The maximum Gasteiger partial charge on any atom is 0.519 e. The summed E-state index contributed by atoms with van der Waals surface area (Å²) in [5, 5.41) is 7.85. The molecule has 3 aromatic rings. The third kappa shape index (κ3) is 2.29. The van der Waals surface area contributed by atoms with E-state index in [-0.39, 0.29) is 6.03 Å². The first-order chi connectivity index (χ1) is 11.8. The molecule has 4 heteroatoms. The number of hydrogen-bond acceptors (Lipinski definition) is 2. The molecule has 0 spiro atoms. The fraction of sp³-hybridized carbons (Fsp3) is 0.0500. The lowest BCUT2D eigenvalue weighted by molar-refractivity contribution is -0.403. The minimum atomic E-state index is -0.921. The van der Waals surface area contributed by atoms with Gasteiger partial charge in [0.1, 0.15) is 0 Å². The number of amides is 2. The van der Waals surface area contributed by atoms with E-state index in [4.69, 9.17) is 5.11 Å². The quantitative estimate of drug-likeness (QED) is 0.715. The Kier molecular flexibility index (Phi) is 3.43. The van der Waals surface area contributed by atoms with E-state index < -0.39 is 5.66 Å². The molecule has 3 aromatic carbocycles. The zero-order valence-electron chi connectivity index (χ0n) is 13.0. The smallest absolute Gasteiger partial charge is 0.199 e. The normalized spacial score (nSPS) is 15.7. The van der Waals surface area contributed by atoms with Crippen LogP contribution in [0.5, 0.6) is 0 Å². The van der Waals surface area contributed by atoms with Gasteiger partial charge in [0, 0.05) is 11.1 Å². The third-order valence-corrected chi connectivity index (χ3v) is 4.11. The SMILES string of the molecule is O=C1NC(c2ccccc2)(c2ccccc2)N=[N+]1c1ccccc1. The summed E-state index contributed by atoms with van der Waals surface area (Å²) in [5.41, 5.74) is 1.66. The molecule has 1 aliphatic heterocycles. The number of carbonyl (C=O) groups excluding carboxylic acids is 1. The van der Waals surface area contributed by atoms with Crippen LogP contribution in [-0.4, -0.2) is 10.7 Å². The number of nitrogens with one attached hydrogen (secondary N) is 1. The lowest BCUT2D eigenvalue weighted by atomic mass is 9.92. The monoisotopic (exact) mass is 314 g/mol. The van der Waals surface area contributed by atoms with Gasteiger partial charge in [0.25, 0.3) is 5.66 Å². The summed E-state index contributed by atoms with van der Waals surface area (Å²) in [6.45, 7) is 0. The number of para-hydroxylation sites is 1. The average molecular weight is 314 g/mol. The van der Waals surface area contributed by atoms with Gasteiger partial charge >= 0.3 is 6.03 Å². The van der Waals surface area contributed by atoms with Crippen LogP contribution in [0.2, 0.25) is 0 Å². The minimum absolute atomic E-state index is 0.242. The molecule has 4 nitrogen and oxygen atoms in total. The highest BCUT2D eigenvalue weighted by atomic mass is 16.2. The van der Waals surface area contributed by atoms with Crippen LogP contribution in [0.4, 0.5) is 10.5 Å². The summed E-state index contributed by atoms with van der Waals surface area (Å²) in [7, 11) is 0. The van der Waals surface area contributed by atoms with Crippen molar-refractivity contribution in [2.24, 2.45) is 5.11 Å². The Labute approximate surface area is 140 Å². The molecule has 116 valence electrons. The summed E-state index contributed by atoms with van der Waals surface area (Å²) < 4.78 is 1.43. The van der Waals surface area contributed by atoms with Crippen molar-refractivity contribution in [3.8, 4) is 0 Å². The number of nitrogens with zero attached hydrogens (tertiary/aromatic N) is 2. The van der Waals surface area contributed by atoms with Gasteiger partial charge in [-0.3, -0.25) is 0 Å². The van der Waals surface area contributed by atoms with Crippen molar-refractivity contribution in [1.82, 2.24) is 5.32 Å². The summed E-state index contributed by atoms with van der Waals surface area (Å²) in [5.74, 6) is 0. The summed E-state index contributed by atoms with van der Waals surface area (Å²) in [6, 6.07) is 28.8. The zero-order valence-corrected chi connectivity index (χ0v) is 13.0. The lowest BCUT2D eigenvalue weighted by Crippen LogP contribution is -2.40. The van der Waals surface area contributed by atoms with Gasteiger partial charge in [-0.1, -0.05) is 83.6 Å². The van der Waals surface area contributed by atoms with Gasteiger partial charge in [-0.2, -0.15) is 10.1 Å². The number of rotatable bonds is 3. The first kappa shape index (κ1) is 14.3. The number of benzene rings is 3. The zero-order chi connectivity index (χ0) is 16.4. The average Bonchev–Trinajstić information content (AvgIpc) is 3.03. The first-order valence-corrected chi connectivity index (χ1v) is 7.81. The molecule has 0 saturated heterocycles. The molecule has 1 N–H and O–H groups in total. The number of hydrogen-bond donors (Lipinski definition) is 1. The van der Waals surface area contributed by atoms with Gasteiger partial charge in [0.2, 0.25) is 0 Å². The van der Waals surface area contributed by atoms with Gasteiger partial charge in [-0.05, 0) is 17.2 Å². The summed E-state index contributed by atoms with van der Waals surface area (Å²) >= 11 is 0. The fourth-order valence-electron chi connectivity index (χ4n) is 2.96. The molecule has 0 fully saturated rings. The van der Waals surface area contributed by atoms with Gasteiger partial charge in [-0.25, -0.2) is 0 Å². The van der Waals surface area contributed by atoms with Crippen LogP contribution in [0.25, 0.3) is 0 Å². The summed E-state index contributed by atoms with van der Waals surface area (Å²) in [4.78, 5) is 12.7. The van der Waals surface area contributed by atoms with E-state index in [1.165, 1.54) is 4.70 Å². The fourth-order valence-corrected chi connectivity index (χ4v) is 2.96. The van der Waals surface area contributed by atoms with Gasteiger partial charge in [-0.15, -0.1) is 0 Å². The van der Waals surface area contributed by atoms with E-state index in [2.05, 4.69) is 5.32 Å². The molecular formula is C20H16N3O+. The number of carbonyl (C=O) groups is 1. The Bertz CT molecular complexity index is 850. The molecule has 0 aromatic heterocycles. The van der Waals surface area contributed by atoms with E-state index >= 15 is 0 Å². The second-order valence-corrected chi connectivity index (χ2v) is 5.62. The maximum absolute atomic E-state index is 12.7. The Morgan fingerprint density at radius 3 is 1.67 bits per heavy atom. The minimum Gasteiger partial charge on any atom is -0.199 e. The predicted molar refractivity (Wildman–Crippen MR) is 91.0 cm³/mol. The van der Waals surface area contributed by atoms with Gasteiger partial charge in [0.15, 0.2) is 5.69 Å². The number of azo groups is 2. The molecule has 2 amide bonds. The van der Waals surface area contributed by atoms with Crippen LogP contribution in [0.15, 0.2) is 96.1 Å². The highest BCUT2D eigenvalue weighted by Crippen LogP contribution is 2.36. The molecule has 1 aliphatic rings. The van der Waals surface area contributed by atoms with E-state index in [1.807, 2.05) is 91.0 Å². The molecule has 0 unspecified atom stereocenters. The van der Waals surface area contributed by atoms with E-state index in [1.54, 1.807) is 0 Å². The second kappa shape index (κ2) is 5.74. The molecule has 0 saturated carbocycles. The van der Waals surface area contributed by atoms with Crippen LogP contribution in [0, 0.1) is 0 Å². The largest absolute Gasteiger partial charge is 0.519 e. The van der Waals surface area contributed by atoms with Crippen molar-refractivity contribution in [3.05, 3.63) is 102 Å². The molecule has 24 heavy (non-hydrogen) atoms. The first-order valence-electron chi connectivity index (χ1n) is 7.81. The highest BCUT2D eigenvalue weighted by molar-refractivity contribution is 5.72. The Hall–Kier alpha value is -3.27. The van der Waals surface area contributed by atoms with Crippen molar-refractivity contribution < 1.29 is 9.49 Å². The van der Waals surface area contributed by atoms with Crippen LogP contribution >= 0.6 is 0 Å². The molecule has 0 atom stereocenters. The Morgan fingerprint density at radius 2 is 1.17 bits per heavy atom. The van der Waals surface area contributed by atoms with Crippen molar-refractivity contribution in [3.63, 3.8) is 0 Å². The maximum atomic E-state index is 12.7. The Balaban J connectivity index is 1.93. The molecule has 4 rings (SSSR count). The van der Waals surface area contributed by atoms with Gasteiger partial charge < -0.3 is 0 Å². The van der Waals surface area contributed by atoms with Crippen LogP contribution in [0.1, 0.15) is 11.1 Å². The topological polar surface area (TPSA) is 44.5 Å². The highest BCUT2D eigenvalue weighted by Gasteiger charge is 2.50. The molecule has 0 bridgehead atoms. The van der Waals surface area contributed by atoms with Crippen LogP contribution in [-0.2, 0) is 5.66 Å². The number of urea groups is 1. The molecule has 1 heterocycles. The van der Waals surface area contributed by atoms with Crippen LogP contribution < -0.4 is 5.32 Å². The predicted octanol–water partition coefficient (Wildman–Crippen LogP) is 4.41. The van der Waals surface area contributed by atoms with E-state index in [9.17, 15) is 4.79 Å². The van der Waals surface area contributed by atoms with E-state index in [0.717, 1.165) is 16.8 Å². The van der Waals surface area contributed by atoms with Crippen molar-refractivity contribution in [1.29, 1.82) is 0 Å². The van der Waals surface area contributed by atoms with Gasteiger partial charge in [0.05, 0.1) is 0 Å². The molecule has 0 aliphatic carbocycles. The molecule has 0 radical (unpaired) electrons. The second-order valence-electron chi connectivity index (χ2n) is 5.62. The van der Waals surface area contributed by atoms with Crippen LogP contribution in [0.3, 0.4) is 0 Å².